The Hall–Kier alpha value is -1.56. The Morgan fingerprint density at radius 2 is 2.30 bits per heavy atom. The van der Waals surface area contributed by atoms with E-state index in [1.165, 1.54) is 0 Å². The quantitative estimate of drug-likeness (QED) is 0.810. The van der Waals surface area contributed by atoms with E-state index in [-0.39, 0.29) is 24.4 Å². The zero-order valence-corrected chi connectivity index (χ0v) is 11.8. The molecule has 20 heavy (non-hydrogen) atoms. The van der Waals surface area contributed by atoms with Crippen molar-refractivity contribution < 1.29 is 9.53 Å². The third kappa shape index (κ3) is 3.30. The van der Waals surface area contributed by atoms with Crippen molar-refractivity contribution in [3.05, 3.63) is 30.5 Å². The van der Waals surface area contributed by atoms with Crippen LogP contribution in [0, 0.1) is 0 Å². The lowest BCUT2D eigenvalue weighted by Crippen LogP contribution is -2.43. The second-order valence-electron chi connectivity index (χ2n) is 4.72. The fraction of sp³-hybridized carbons (Fsp3) is 0.357. The lowest BCUT2D eigenvalue weighted by atomic mass is 10.1. The average Bonchev–Trinajstić information content (AvgIpc) is 2.89. The smallest absolute Gasteiger partial charge is 0.226 e. The highest BCUT2D eigenvalue weighted by molar-refractivity contribution is 6.01. The van der Waals surface area contributed by atoms with Gasteiger partial charge in [-0.3, -0.25) is 4.79 Å². The van der Waals surface area contributed by atoms with Gasteiger partial charge in [-0.1, -0.05) is 6.07 Å². The average molecular weight is 296 g/mol. The van der Waals surface area contributed by atoms with Gasteiger partial charge in [0.25, 0.3) is 0 Å². The van der Waals surface area contributed by atoms with Crippen LogP contribution in [0.4, 0.5) is 5.69 Å². The van der Waals surface area contributed by atoms with E-state index < -0.39 is 0 Å². The fourth-order valence-electron chi connectivity index (χ4n) is 2.37. The van der Waals surface area contributed by atoms with Gasteiger partial charge in [-0.25, -0.2) is 0 Å². The van der Waals surface area contributed by atoms with Crippen LogP contribution in [0.3, 0.4) is 0 Å². The highest BCUT2D eigenvalue weighted by Gasteiger charge is 2.17. The Kier molecular flexibility index (Phi) is 5.00. The molecule has 1 aliphatic rings. The van der Waals surface area contributed by atoms with E-state index in [0.29, 0.717) is 13.0 Å². The first-order valence-corrected chi connectivity index (χ1v) is 6.50. The number of aromatic amines is 1. The lowest BCUT2D eigenvalue weighted by molar-refractivity contribution is -0.117. The molecule has 0 aliphatic carbocycles. The largest absolute Gasteiger partial charge is 0.378 e. The van der Waals surface area contributed by atoms with E-state index in [4.69, 9.17) is 4.74 Å². The molecule has 1 aromatic carbocycles. The molecule has 1 fully saturated rings. The molecule has 2 heterocycles. The summed E-state index contributed by atoms with van der Waals surface area (Å²) in [6, 6.07) is 7.91. The summed E-state index contributed by atoms with van der Waals surface area (Å²) in [4.78, 5) is 15.2. The number of aromatic nitrogens is 1. The number of fused-ring (bicyclic) bond motifs is 1. The molecule has 0 radical (unpaired) electrons. The van der Waals surface area contributed by atoms with Crippen molar-refractivity contribution in [3.63, 3.8) is 0 Å². The van der Waals surface area contributed by atoms with Crippen LogP contribution in [0.15, 0.2) is 30.5 Å². The maximum atomic E-state index is 12.0. The van der Waals surface area contributed by atoms with Crippen molar-refractivity contribution in [2.45, 2.75) is 12.5 Å². The van der Waals surface area contributed by atoms with Gasteiger partial charge in [-0.15, -0.1) is 12.4 Å². The van der Waals surface area contributed by atoms with Crippen LogP contribution in [-0.2, 0) is 9.53 Å². The van der Waals surface area contributed by atoms with Gasteiger partial charge < -0.3 is 20.4 Å². The predicted octanol–water partition coefficient (Wildman–Crippen LogP) is 1.91. The molecule has 5 nitrogen and oxygen atoms in total. The Morgan fingerprint density at radius 3 is 3.10 bits per heavy atom. The number of H-pyrrole nitrogens is 1. The maximum absolute atomic E-state index is 12.0. The monoisotopic (exact) mass is 295 g/mol. The summed E-state index contributed by atoms with van der Waals surface area (Å²) in [5, 5.41) is 7.27. The SMILES string of the molecule is Cl.O=C(CC1COCCN1)Nc1cccc2[nH]ccc12. The molecule has 1 atom stereocenters. The van der Waals surface area contributed by atoms with Crippen molar-refractivity contribution in [2.75, 3.05) is 25.1 Å². The molecular weight excluding hydrogens is 278 g/mol. The number of morpholine rings is 1. The van der Waals surface area contributed by atoms with Gasteiger partial charge in [-0.05, 0) is 18.2 Å². The number of amides is 1. The van der Waals surface area contributed by atoms with Crippen LogP contribution >= 0.6 is 12.4 Å². The van der Waals surface area contributed by atoms with Crippen molar-refractivity contribution in [1.29, 1.82) is 0 Å². The van der Waals surface area contributed by atoms with Gasteiger partial charge in [0.2, 0.25) is 5.91 Å². The van der Waals surface area contributed by atoms with Crippen molar-refractivity contribution in [2.24, 2.45) is 0 Å². The molecular formula is C14H18ClN3O2. The zero-order valence-electron chi connectivity index (χ0n) is 11.0. The number of carbonyl (C=O) groups is 1. The number of rotatable bonds is 3. The van der Waals surface area contributed by atoms with Gasteiger partial charge in [0.05, 0.1) is 18.9 Å². The topological polar surface area (TPSA) is 66.2 Å². The predicted molar refractivity (Wildman–Crippen MR) is 81.4 cm³/mol. The molecule has 3 rings (SSSR count). The van der Waals surface area contributed by atoms with E-state index in [1.807, 2.05) is 30.5 Å². The normalized spacial score (nSPS) is 18.5. The Labute approximate surface area is 123 Å². The summed E-state index contributed by atoms with van der Waals surface area (Å²) in [6.45, 7) is 2.13. The van der Waals surface area contributed by atoms with E-state index in [0.717, 1.165) is 29.7 Å². The van der Waals surface area contributed by atoms with E-state index >= 15 is 0 Å². The fourth-order valence-corrected chi connectivity index (χ4v) is 2.37. The summed E-state index contributed by atoms with van der Waals surface area (Å²) in [5.41, 5.74) is 1.87. The summed E-state index contributed by atoms with van der Waals surface area (Å²) >= 11 is 0. The number of ether oxygens (including phenoxy) is 1. The van der Waals surface area contributed by atoms with Crippen molar-refractivity contribution in [3.8, 4) is 0 Å². The van der Waals surface area contributed by atoms with Crippen LogP contribution in [-0.4, -0.2) is 36.7 Å². The van der Waals surface area contributed by atoms with Crippen LogP contribution in [0.5, 0.6) is 0 Å². The van der Waals surface area contributed by atoms with E-state index in [1.54, 1.807) is 0 Å². The highest BCUT2D eigenvalue weighted by atomic mass is 35.5. The summed E-state index contributed by atoms with van der Waals surface area (Å²) < 4.78 is 5.34. The standard InChI is InChI=1S/C14H17N3O2.ClH/c18-14(8-10-9-19-7-6-15-10)17-13-3-1-2-12-11(13)4-5-16-12;/h1-5,10,15-16H,6-9H2,(H,17,18);1H. The molecule has 1 aromatic heterocycles. The number of nitrogens with one attached hydrogen (secondary N) is 3. The number of halogens is 1. The Bertz CT molecular complexity index is 579. The first kappa shape index (κ1) is 14.8. The number of carbonyl (C=O) groups excluding carboxylic acids is 1. The Morgan fingerprint density at radius 1 is 1.40 bits per heavy atom. The van der Waals surface area contributed by atoms with E-state index in [2.05, 4.69) is 15.6 Å². The van der Waals surface area contributed by atoms with Gasteiger partial charge >= 0.3 is 0 Å². The van der Waals surface area contributed by atoms with Crippen LogP contribution < -0.4 is 10.6 Å². The molecule has 0 bridgehead atoms. The van der Waals surface area contributed by atoms with Crippen LogP contribution in [0.25, 0.3) is 10.9 Å². The molecule has 0 spiro atoms. The van der Waals surface area contributed by atoms with E-state index in [9.17, 15) is 4.79 Å². The second kappa shape index (κ2) is 6.74. The molecule has 2 aromatic rings. The summed E-state index contributed by atoms with van der Waals surface area (Å²) in [5.74, 6) is 0.0108. The Balaban J connectivity index is 0.00000147. The highest BCUT2D eigenvalue weighted by Crippen LogP contribution is 2.22. The number of benzene rings is 1. The number of anilines is 1. The summed E-state index contributed by atoms with van der Waals surface area (Å²) in [6.07, 6.45) is 2.30. The number of hydrogen-bond acceptors (Lipinski definition) is 3. The first-order chi connectivity index (χ1) is 9.33. The lowest BCUT2D eigenvalue weighted by Gasteiger charge is -2.23. The molecule has 1 unspecified atom stereocenters. The minimum absolute atomic E-state index is 0. The number of hydrogen-bond donors (Lipinski definition) is 3. The van der Waals surface area contributed by atoms with Crippen LogP contribution in [0.2, 0.25) is 0 Å². The minimum Gasteiger partial charge on any atom is -0.378 e. The molecule has 3 N–H and O–H groups in total. The van der Waals surface area contributed by atoms with Crippen molar-refractivity contribution >= 4 is 34.9 Å². The molecule has 0 saturated carbocycles. The molecule has 1 aliphatic heterocycles. The molecule has 6 heteroatoms. The zero-order chi connectivity index (χ0) is 13.1. The third-order valence-electron chi connectivity index (χ3n) is 3.30. The van der Waals surface area contributed by atoms with Gasteiger partial charge in [0.15, 0.2) is 0 Å². The third-order valence-corrected chi connectivity index (χ3v) is 3.30. The van der Waals surface area contributed by atoms with Gasteiger partial charge in [-0.2, -0.15) is 0 Å². The second-order valence-corrected chi connectivity index (χ2v) is 4.72. The minimum atomic E-state index is 0. The van der Waals surface area contributed by atoms with Crippen molar-refractivity contribution in [1.82, 2.24) is 10.3 Å². The van der Waals surface area contributed by atoms with Gasteiger partial charge in [0.1, 0.15) is 0 Å². The first-order valence-electron chi connectivity index (χ1n) is 6.50. The maximum Gasteiger partial charge on any atom is 0.226 e. The molecule has 1 amide bonds. The molecule has 1 saturated heterocycles. The summed E-state index contributed by atoms with van der Waals surface area (Å²) in [7, 11) is 0. The van der Waals surface area contributed by atoms with Crippen LogP contribution in [0.1, 0.15) is 6.42 Å². The van der Waals surface area contributed by atoms with Gasteiger partial charge in [0, 0.05) is 36.1 Å². The molecule has 108 valence electrons.